The maximum atomic E-state index is 13.0. The van der Waals surface area contributed by atoms with Gasteiger partial charge in [-0.25, -0.2) is 0 Å². The molecule has 1 fully saturated rings. The Kier molecular flexibility index (Phi) is 5.12. The van der Waals surface area contributed by atoms with E-state index in [1.54, 1.807) is 38.0 Å². The first-order valence-corrected chi connectivity index (χ1v) is 8.95. The van der Waals surface area contributed by atoms with E-state index >= 15 is 0 Å². The third-order valence-electron chi connectivity index (χ3n) is 5.37. The Labute approximate surface area is 155 Å². The van der Waals surface area contributed by atoms with Gasteiger partial charge in [0, 0.05) is 40.0 Å². The van der Waals surface area contributed by atoms with E-state index in [4.69, 9.17) is 0 Å². The summed E-state index contributed by atoms with van der Waals surface area (Å²) < 4.78 is 0. The van der Waals surface area contributed by atoms with Gasteiger partial charge in [-0.2, -0.15) is 0 Å². The lowest BCUT2D eigenvalue weighted by Crippen LogP contribution is -2.55. The van der Waals surface area contributed by atoms with Crippen molar-refractivity contribution in [3.63, 3.8) is 0 Å². The molecule has 0 bridgehead atoms. The SMILES string of the molecule is CN(C)C(=O)C1C(c2ccccc2)C(C(=O)N(C)C)C1c1ccccc1. The van der Waals surface area contributed by atoms with Crippen molar-refractivity contribution >= 4 is 11.8 Å². The minimum absolute atomic E-state index is 0.0792. The normalized spacial score (nSPS) is 24.5. The van der Waals surface area contributed by atoms with Crippen LogP contribution in [0.4, 0.5) is 0 Å². The summed E-state index contributed by atoms with van der Waals surface area (Å²) in [5.41, 5.74) is 2.11. The van der Waals surface area contributed by atoms with Crippen molar-refractivity contribution in [3.8, 4) is 0 Å². The van der Waals surface area contributed by atoms with E-state index < -0.39 is 0 Å². The van der Waals surface area contributed by atoms with Gasteiger partial charge in [0.05, 0.1) is 11.8 Å². The molecule has 0 heterocycles. The number of benzene rings is 2. The van der Waals surface area contributed by atoms with E-state index in [9.17, 15) is 9.59 Å². The van der Waals surface area contributed by atoms with Crippen LogP contribution in [0.25, 0.3) is 0 Å². The monoisotopic (exact) mass is 350 g/mol. The molecule has 136 valence electrons. The highest BCUT2D eigenvalue weighted by Gasteiger charge is 2.58. The Balaban J connectivity index is 2.10. The van der Waals surface area contributed by atoms with Crippen LogP contribution in [0, 0.1) is 11.8 Å². The van der Waals surface area contributed by atoms with E-state index in [1.807, 2.05) is 60.7 Å². The predicted octanol–water partition coefficient (Wildman–Crippen LogP) is 2.98. The molecule has 2 aromatic rings. The Morgan fingerprint density at radius 2 is 0.923 bits per heavy atom. The molecule has 0 aliphatic heterocycles. The molecule has 0 atom stereocenters. The maximum absolute atomic E-state index is 13.0. The lowest BCUT2D eigenvalue weighted by Gasteiger charge is -2.52. The molecule has 1 aliphatic carbocycles. The number of rotatable bonds is 4. The molecule has 0 spiro atoms. The molecule has 1 saturated carbocycles. The Morgan fingerprint density at radius 3 is 1.19 bits per heavy atom. The topological polar surface area (TPSA) is 40.6 Å². The van der Waals surface area contributed by atoms with E-state index in [1.165, 1.54) is 0 Å². The molecule has 0 N–H and O–H groups in total. The molecule has 4 nitrogen and oxygen atoms in total. The number of nitrogens with zero attached hydrogens (tertiary/aromatic N) is 2. The van der Waals surface area contributed by atoms with Crippen LogP contribution in [0.2, 0.25) is 0 Å². The number of hydrogen-bond donors (Lipinski definition) is 0. The van der Waals surface area contributed by atoms with Gasteiger partial charge in [-0.05, 0) is 11.1 Å². The van der Waals surface area contributed by atoms with Crippen LogP contribution in [0.15, 0.2) is 60.7 Å². The highest BCUT2D eigenvalue weighted by Crippen LogP contribution is 2.58. The van der Waals surface area contributed by atoms with E-state index in [2.05, 4.69) is 0 Å². The maximum Gasteiger partial charge on any atom is 0.226 e. The summed E-state index contributed by atoms with van der Waals surface area (Å²) in [5, 5.41) is 0. The lowest BCUT2D eigenvalue weighted by molar-refractivity contribution is -0.150. The summed E-state index contributed by atoms with van der Waals surface area (Å²) in [6.45, 7) is 0. The molecular formula is C22H26N2O2. The van der Waals surface area contributed by atoms with Gasteiger partial charge in [-0.15, -0.1) is 0 Å². The molecule has 0 saturated heterocycles. The molecule has 0 radical (unpaired) electrons. The smallest absolute Gasteiger partial charge is 0.226 e. The first kappa shape index (κ1) is 18.2. The lowest BCUT2D eigenvalue weighted by atomic mass is 9.51. The zero-order valence-electron chi connectivity index (χ0n) is 15.8. The van der Waals surface area contributed by atoms with Crippen LogP contribution < -0.4 is 0 Å². The second-order valence-corrected chi connectivity index (χ2v) is 7.39. The summed E-state index contributed by atoms with van der Waals surface area (Å²) >= 11 is 0. The zero-order chi connectivity index (χ0) is 18.8. The minimum atomic E-state index is -0.233. The van der Waals surface area contributed by atoms with Crippen LogP contribution in [0.3, 0.4) is 0 Å². The van der Waals surface area contributed by atoms with Crippen molar-refractivity contribution in [2.45, 2.75) is 11.8 Å². The second kappa shape index (κ2) is 7.32. The summed E-state index contributed by atoms with van der Waals surface area (Å²) in [4.78, 5) is 29.4. The highest BCUT2D eigenvalue weighted by molar-refractivity contribution is 5.89. The zero-order valence-corrected chi connectivity index (χ0v) is 15.8. The molecule has 0 unspecified atom stereocenters. The van der Waals surface area contributed by atoms with Gasteiger partial charge in [0.1, 0.15) is 0 Å². The van der Waals surface area contributed by atoms with Crippen LogP contribution in [-0.4, -0.2) is 49.8 Å². The molecular weight excluding hydrogens is 324 g/mol. The van der Waals surface area contributed by atoms with Crippen molar-refractivity contribution in [3.05, 3.63) is 71.8 Å². The van der Waals surface area contributed by atoms with Crippen LogP contribution in [0.5, 0.6) is 0 Å². The first-order valence-electron chi connectivity index (χ1n) is 8.95. The van der Waals surface area contributed by atoms with E-state index in [0.29, 0.717) is 0 Å². The Bertz CT molecular complexity index is 696. The first-order chi connectivity index (χ1) is 12.4. The van der Waals surface area contributed by atoms with Crippen molar-refractivity contribution in [1.29, 1.82) is 0 Å². The Hall–Kier alpha value is -2.62. The van der Waals surface area contributed by atoms with Crippen molar-refractivity contribution < 1.29 is 9.59 Å². The molecule has 4 heteroatoms. The molecule has 2 aromatic carbocycles. The number of carbonyl (C=O) groups is 2. The van der Waals surface area contributed by atoms with Crippen molar-refractivity contribution in [1.82, 2.24) is 9.80 Å². The van der Waals surface area contributed by atoms with Crippen molar-refractivity contribution in [2.75, 3.05) is 28.2 Å². The second-order valence-electron chi connectivity index (χ2n) is 7.39. The van der Waals surface area contributed by atoms with Gasteiger partial charge < -0.3 is 9.80 Å². The molecule has 0 aromatic heterocycles. The molecule has 2 amide bonds. The van der Waals surface area contributed by atoms with Gasteiger partial charge in [-0.3, -0.25) is 9.59 Å². The average molecular weight is 350 g/mol. The fraction of sp³-hybridized carbons (Fsp3) is 0.364. The summed E-state index contributed by atoms with van der Waals surface area (Å²) in [5.74, 6) is -0.518. The minimum Gasteiger partial charge on any atom is -0.349 e. The van der Waals surface area contributed by atoms with E-state index in [0.717, 1.165) is 11.1 Å². The average Bonchev–Trinajstić information content (AvgIpc) is 2.62. The third kappa shape index (κ3) is 3.12. The van der Waals surface area contributed by atoms with Gasteiger partial charge in [0.15, 0.2) is 0 Å². The largest absolute Gasteiger partial charge is 0.349 e. The van der Waals surface area contributed by atoms with Gasteiger partial charge in [0.2, 0.25) is 11.8 Å². The fourth-order valence-electron chi connectivity index (χ4n) is 4.14. The van der Waals surface area contributed by atoms with Gasteiger partial charge in [0.25, 0.3) is 0 Å². The van der Waals surface area contributed by atoms with Crippen LogP contribution in [0.1, 0.15) is 23.0 Å². The summed E-state index contributed by atoms with van der Waals surface area (Å²) in [7, 11) is 7.14. The quantitative estimate of drug-likeness (QED) is 0.851. The summed E-state index contributed by atoms with van der Waals surface area (Å²) in [6, 6.07) is 19.9. The molecule has 1 aliphatic rings. The van der Waals surface area contributed by atoms with E-state index in [-0.39, 0.29) is 35.5 Å². The van der Waals surface area contributed by atoms with Gasteiger partial charge in [-0.1, -0.05) is 60.7 Å². The fourth-order valence-corrected chi connectivity index (χ4v) is 4.14. The highest BCUT2D eigenvalue weighted by atomic mass is 16.2. The number of carbonyl (C=O) groups excluding carboxylic acids is 2. The molecule has 3 rings (SSSR count). The predicted molar refractivity (Wildman–Crippen MR) is 103 cm³/mol. The molecule has 26 heavy (non-hydrogen) atoms. The standard InChI is InChI=1S/C22H26N2O2/c1-23(2)21(25)19-17(15-11-7-5-8-12-15)20(22(26)24(3)4)18(19)16-13-9-6-10-14-16/h5-14,17-20H,1-4H3. The van der Waals surface area contributed by atoms with Crippen LogP contribution >= 0.6 is 0 Å². The number of amides is 2. The third-order valence-corrected chi connectivity index (χ3v) is 5.37. The van der Waals surface area contributed by atoms with Crippen LogP contribution in [-0.2, 0) is 9.59 Å². The van der Waals surface area contributed by atoms with Gasteiger partial charge >= 0.3 is 0 Å². The number of hydrogen-bond acceptors (Lipinski definition) is 2. The van der Waals surface area contributed by atoms with Crippen molar-refractivity contribution in [2.24, 2.45) is 11.8 Å². The summed E-state index contributed by atoms with van der Waals surface area (Å²) in [6.07, 6.45) is 0. The Morgan fingerprint density at radius 1 is 0.615 bits per heavy atom.